The number of aromatic nitrogens is 2. The number of aryl methyl sites for hydroxylation is 2. The van der Waals surface area contributed by atoms with Crippen LogP contribution >= 0.6 is 11.3 Å². The maximum absolute atomic E-state index is 13.2. The van der Waals surface area contributed by atoms with E-state index in [1.165, 1.54) is 11.3 Å². The predicted molar refractivity (Wildman–Crippen MR) is 119 cm³/mol. The van der Waals surface area contributed by atoms with Crippen molar-refractivity contribution in [1.29, 1.82) is 0 Å². The van der Waals surface area contributed by atoms with E-state index >= 15 is 0 Å². The number of anilines is 1. The second-order valence-electron chi connectivity index (χ2n) is 7.92. The van der Waals surface area contributed by atoms with Gasteiger partial charge in [-0.2, -0.15) is 0 Å². The minimum Gasteiger partial charge on any atom is -0.454 e. The molecule has 1 N–H and O–H groups in total. The molecule has 2 aliphatic rings. The number of hydrogen-bond donors (Lipinski definition) is 1. The van der Waals surface area contributed by atoms with E-state index in [2.05, 4.69) is 15.5 Å². The van der Waals surface area contributed by atoms with Gasteiger partial charge >= 0.3 is 0 Å². The predicted octanol–water partition coefficient (Wildman–Crippen LogP) is 4.11. The fourth-order valence-corrected chi connectivity index (χ4v) is 4.81. The number of fused-ring (bicyclic) bond motifs is 1. The van der Waals surface area contributed by atoms with Gasteiger partial charge in [0.25, 0.3) is 11.8 Å². The summed E-state index contributed by atoms with van der Waals surface area (Å²) in [5.41, 5.74) is 3.50. The minimum atomic E-state index is -0.349. The molecule has 1 aromatic heterocycles. The van der Waals surface area contributed by atoms with Crippen molar-refractivity contribution in [2.45, 2.75) is 32.7 Å². The zero-order chi connectivity index (χ0) is 22.2. The highest BCUT2D eigenvalue weighted by Gasteiger charge is 2.33. The Morgan fingerprint density at radius 3 is 2.75 bits per heavy atom. The summed E-state index contributed by atoms with van der Waals surface area (Å²) in [4.78, 5) is 27.7. The van der Waals surface area contributed by atoms with Crippen LogP contribution in [0.25, 0.3) is 0 Å². The van der Waals surface area contributed by atoms with Crippen molar-refractivity contribution in [2.24, 2.45) is 0 Å². The molecule has 164 valence electrons. The largest absolute Gasteiger partial charge is 0.454 e. The molecule has 2 amide bonds. The number of nitrogens with zero attached hydrogens (tertiary/aromatic N) is 3. The molecule has 0 saturated carbocycles. The van der Waals surface area contributed by atoms with Crippen LogP contribution < -0.4 is 14.8 Å². The van der Waals surface area contributed by atoms with Gasteiger partial charge in [0.1, 0.15) is 5.01 Å². The number of hydrogen-bond acceptors (Lipinski definition) is 7. The molecule has 2 aliphatic heterocycles. The summed E-state index contributed by atoms with van der Waals surface area (Å²) in [6.45, 7) is 4.86. The average molecular weight is 451 g/mol. The lowest BCUT2D eigenvalue weighted by Crippen LogP contribution is -2.30. The third kappa shape index (κ3) is 3.80. The van der Waals surface area contributed by atoms with Gasteiger partial charge in [0.05, 0.1) is 6.04 Å². The third-order valence-electron chi connectivity index (χ3n) is 5.82. The lowest BCUT2D eigenvalue weighted by molar-refractivity contribution is 0.0734. The van der Waals surface area contributed by atoms with E-state index < -0.39 is 0 Å². The first-order valence-corrected chi connectivity index (χ1v) is 11.2. The van der Waals surface area contributed by atoms with Crippen LogP contribution in [-0.4, -0.2) is 40.2 Å². The number of likely N-dealkylation sites (tertiary alicyclic amines) is 1. The minimum absolute atomic E-state index is 0.0165. The van der Waals surface area contributed by atoms with E-state index in [0.717, 1.165) is 24.0 Å². The van der Waals surface area contributed by atoms with Crippen molar-refractivity contribution in [3.63, 3.8) is 0 Å². The normalized spacial score (nSPS) is 16.9. The van der Waals surface area contributed by atoms with E-state index in [4.69, 9.17) is 9.47 Å². The Morgan fingerprint density at radius 1 is 1.06 bits per heavy atom. The molecule has 9 heteroatoms. The first kappa shape index (κ1) is 20.4. The van der Waals surface area contributed by atoms with E-state index in [1.54, 1.807) is 18.2 Å². The molecule has 1 saturated heterocycles. The van der Waals surface area contributed by atoms with Crippen molar-refractivity contribution in [3.8, 4) is 11.5 Å². The first-order valence-electron chi connectivity index (χ1n) is 10.4. The Bertz CT molecular complexity index is 1210. The molecule has 0 aliphatic carbocycles. The summed E-state index contributed by atoms with van der Waals surface area (Å²) < 4.78 is 10.6. The van der Waals surface area contributed by atoms with E-state index in [-0.39, 0.29) is 29.7 Å². The topological polar surface area (TPSA) is 93.7 Å². The fraction of sp³-hybridized carbons (Fsp3) is 0.304. The molecule has 1 atom stereocenters. The molecule has 8 nitrogen and oxygen atoms in total. The van der Waals surface area contributed by atoms with Crippen molar-refractivity contribution in [3.05, 3.63) is 63.1 Å². The number of carbonyl (C=O) groups excluding carboxylic acids is 2. The molecular formula is C23H22N4O4S. The van der Waals surface area contributed by atoms with Crippen LogP contribution in [0.2, 0.25) is 0 Å². The van der Waals surface area contributed by atoms with Crippen molar-refractivity contribution >= 4 is 28.8 Å². The van der Waals surface area contributed by atoms with Crippen molar-refractivity contribution < 1.29 is 19.1 Å². The Morgan fingerprint density at radius 2 is 1.91 bits per heavy atom. The molecule has 0 spiro atoms. The van der Waals surface area contributed by atoms with Crippen LogP contribution in [0, 0.1) is 13.8 Å². The smallest absolute Gasteiger partial charge is 0.286 e. The highest BCUT2D eigenvalue weighted by atomic mass is 32.1. The number of nitrogens with one attached hydrogen (secondary N) is 1. The molecule has 3 aromatic rings. The molecular weight excluding hydrogens is 428 g/mol. The second kappa shape index (κ2) is 8.23. The second-order valence-corrected chi connectivity index (χ2v) is 8.93. The average Bonchev–Trinajstić information content (AvgIpc) is 3.54. The van der Waals surface area contributed by atoms with Crippen LogP contribution in [-0.2, 0) is 0 Å². The Hall–Kier alpha value is -3.46. The van der Waals surface area contributed by atoms with E-state index in [9.17, 15) is 9.59 Å². The van der Waals surface area contributed by atoms with Crippen LogP contribution in [0.5, 0.6) is 11.5 Å². The summed E-state index contributed by atoms with van der Waals surface area (Å²) in [5, 5.41) is 12.1. The van der Waals surface area contributed by atoms with Gasteiger partial charge in [-0.25, -0.2) is 0 Å². The maximum Gasteiger partial charge on any atom is 0.286 e. The molecule has 32 heavy (non-hydrogen) atoms. The molecule has 3 heterocycles. The number of carbonyl (C=O) groups is 2. The summed E-state index contributed by atoms with van der Waals surface area (Å²) in [7, 11) is 0. The number of benzene rings is 2. The lowest BCUT2D eigenvalue weighted by atomic mass is 10.1. The molecule has 1 fully saturated rings. The molecule has 5 rings (SSSR count). The maximum atomic E-state index is 13.2. The van der Waals surface area contributed by atoms with Gasteiger partial charge in [0.15, 0.2) is 11.5 Å². The molecule has 0 radical (unpaired) electrons. The van der Waals surface area contributed by atoms with E-state index in [1.807, 2.05) is 36.9 Å². The monoisotopic (exact) mass is 450 g/mol. The van der Waals surface area contributed by atoms with Crippen molar-refractivity contribution in [2.75, 3.05) is 18.7 Å². The van der Waals surface area contributed by atoms with Gasteiger partial charge in [0, 0.05) is 23.9 Å². The van der Waals surface area contributed by atoms with E-state index in [0.29, 0.717) is 34.3 Å². The van der Waals surface area contributed by atoms with Crippen molar-refractivity contribution in [1.82, 2.24) is 15.1 Å². The summed E-state index contributed by atoms with van der Waals surface area (Å²) in [5.74, 6) is 0.873. The van der Waals surface area contributed by atoms with Crippen LogP contribution in [0.15, 0.2) is 36.4 Å². The van der Waals surface area contributed by atoms with Gasteiger partial charge in [-0.1, -0.05) is 17.4 Å². The Balaban J connectivity index is 1.31. The highest BCUT2D eigenvalue weighted by molar-refractivity contribution is 7.13. The zero-order valence-corrected chi connectivity index (χ0v) is 18.6. The summed E-state index contributed by atoms with van der Waals surface area (Å²) in [6, 6.07) is 10.8. The SMILES string of the molecule is Cc1ccc(C(=O)N2CCC[C@H]2c2nnc(C(=O)Nc3ccc4c(c3)OCO4)s2)cc1C. The molecule has 0 bridgehead atoms. The molecule has 2 aromatic carbocycles. The van der Waals surface area contributed by atoms with Gasteiger partial charge in [-0.15, -0.1) is 10.2 Å². The zero-order valence-electron chi connectivity index (χ0n) is 17.8. The van der Waals surface area contributed by atoms with Crippen LogP contribution in [0.1, 0.15) is 55.2 Å². The Labute approximate surface area is 189 Å². The lowest BCUT2D eigenvalue weighted by Gasteiger charge is -2.23. The van der Waals surface area contributed by atoms with Gasteiger partial charge in [0.2, 0.25) is 11.8 Å². The van der Waals surface area contributed by atoms with Gasteiger partial charge < -0.3 is 19.7 Å². The van der Waals surface area contributed by atoms with Crippen LogP contribution in [0.3, 0.4) is 0 Å². The molecule has 0 unspecified atom stereocenters. The quantitative estimate of drug-likeness (QED) is 0.643. The number of ether oxygens (including phenoxy) is 2. The van der Waals surface area contributed by atoms with Gasteiger partial charge in [-0.05, 0) is 62.1 Å². The first-order chi connectivity index (χ1) is 15.5. The van der Waals surface area contributed by atoms with Gasteiger partial charge in [-0.3, -0.25) is 9.59 Å². The summed E-state index contributed by atoms with van der Waals surface area (Å²) >= 11 is 1.22. The van der Waals surface area contributed by atoms with Crippen LogP contribution in [0.4, 0.5) is 5.69 Å². The highest BCUT2D eigenvalue weighted by Crippen LogP contribution is 2.36. The fourth-order valence-electron chi connectivity index (χ4n) is 3.93. The number of rotatable bonds is 4. The summed E-state index contributed by atoms with van der Waals surface area (Å²) in [6.07, 6.45) is 1.69. The third-order valence-corrected chi connectivity index (χ3v) is 6.84. The number of amides is 2. The Kier molecular flexibility index (Phi) is 5.26. The standard InChI is InChI=1S/C23H22N4O4S/c1-13-5-6-15(10-14(13)2)23(29)27-9-3-4-17(27)21-25-26-22(32-21)20(28)24-16-7-8-18-19(11-16)31-12-30-18/h5-8,10-11,17H,3-4,9,12H2,1-2H3,(H,24,28)/t17-/m0/s1.